The summed E-state index contributed by atoms with van der Waals surface area (Å²) in [6.45, 7) is 6.11. The van der Waals surface area contributed by atoms with E-state index >= 15 is 0 Å². The molecule has 0 unspecified atom stereocenters. The fourth-order valence-electron chi connectivity index (χ4n) is 2.02. The Kier molecular flexibility index (Phi) is 9.88. The zero-order valence-corrected chi connectivity index (χ0v) is 14.3. The SMILES string of the molecule is CCOC(=O)/C=C/CN(C/C=C/C(=O)OCC)Cc1ccccc1. The predicted molar refractivity (Wildman–Crippen MR) is 93.3 cm³/mol. The van der Waals surface area contributed by atoms with Gasteiger partial charge in [0.05, 0.1) is 13.2 Å². The Balaban J connectivity index is 2.61. The van der Waals surface area contributed by atoms with Crippen LogP contribution in [0, 0.1) is 0 Å². The molecule has 5 nitrogen and oxygen atoms in total. The van der Waals surface area contributed by atoms with Crippen LogP contribution in [0.15, 0.2) is 54.6 Å². The summed E-state index contributed by atoms with van der Waals surface area (Å²) in [4.78, 5) is 24.8. The minimum Gasteiger partial charge on any atom is -0.463 e. The maximum absolute atomic E-state index is 11.4. The minimum absolute atomic E-state index is 0.348. The molecule has 0 aliphatic heterocycles. The largest absolute Gasteiger partial charge is 0.463 e. The molecule has 1 aromatic carbocycles. The highest BCUT2D eigenvalue weighted by Crippen LogP contribution is 2.05. The van der Waals surface area contributed by atoms with E-state index in [1.165, 1.54) is 12.2 Å². The number of nitrogens with zero attached hydrogens (tertiary/aromatic N) is 1. The van der Waals surface area contributed by atoms with Gasteiger partial charge in [0, 0.05) is 31.8 Å². The number of esters is 2. The molecule has 130 valence electrons. The Bertz CT molecular complexity index is 522. The fraction of sp³-hybridized carbons (Fsp3) is 0.368. The number of ether oxygens (including phenoxy) is 2. The number of carbonyl (C=O) groups is 2. The molecule has 1 rings (SSSR count). The molecule has 0 bridgehead atoms. The highest BCUT2D eigenvalue weighted by molar-refractivity contribution is 5.82. The van der Waals surface area contributed by atoms with Crippen molar-refractivity contribution in [3.63, 3.8) is 0 Å². The normalized spacial score (nSPS) is 11.3. The van der Waals surface area contributed by atoms with Gasteiger partial charge in [0.1, 0.15) is 0 Å². The van der Waals surface area contributed by atoms with Gasteiger partial charge in [-0.1, -0.05) is 42.5 Å². The van der Waals surface area contributed by atoms with Crippen LogP contribution in [0.2, 0.25) is 0 Å². The molecule has 0 aliphatic rings. The first kappa shape index (κ1) is 19.6. The van der Waals surface area contributed by atoms with Crippen LogP contribution in [0.1, 0.15) is 19.4 Å². The van der Waals surface area contributed by atoms with Crippen molar-refractivity contribution in [2.24, 2.45) is 0 Å². The molecule has 0 amide bonds. The van der Waals surface area contributed by atoms with Crippen molar-refractivity contribution in [2.45, 2.75) is 20.4 Å². The lowest BCUT2D eigenvalue weighted by Gasteiger charge is -2.18. The van der Waals surface area contributed by atoms with Crippen LogP contribution in [0.25, 0.3) is 0 Å². The molecule has 0 fully saturated rings. The van der Waals surface area contributed by atoms with Crippen LogP contribution < -0.4 is 0 Å². The zero-order chi connectivity index (χ0) is 17.6. The van der Waals surface area contributed by atoms with Crippen molar-refractivity contribution in [3.05, 3.63) is 60.2 Å². The van der Waals surface area contributed by atoms with Crippen molar-refractivity contribution in [3.8, 4) is 0 Å². The van der Waals surface area contributed by atoms with Gasteiger partial charge in [-0.2, -0.15) is 0 Å². The predicted octanol–water partition coefficient (Wildman–Crippen LogP) is 2.73. The number of benzene rings is 1. The van der Waals surface area contributed by atoms with Gasteiger partial charge >= 0.3 is 11.9 Å². The number of hydrogen-bond donors (Lipinski definition) is 0. The van der Waals surface area contributed by atoms with Gasteiger partial charge in [-0.3, -0.25) is 4.90 Å². The number of carbonyl (C=O) groups excluding carboxylic acids is 2. The highest BCUT2D eigenvalue weighted by atomic mass is 16.5. The molecular formula is C19H25NO4. The van der Waals surface area contributed by atoms with Crippen molar-refractivity contribution >= 4 is 11.9 Å². The van der Waals surface area contributed by atoms with Crippen LogP contribution >= 0.6 is 0 Å². The van der Waals surface area contributed by atoms with E-state index in [1.54, 1.807) is 26.0 Å². The van der Waals surface area contributed by atoms with Crippen molar-refractivity contribution in [2.75, 3.05) is 26.3 Å². The van der Waals surface area contributed by atoms with Gasteiger partial charge in [-0.15, -0.1) is 0 Å². The summed E-state index contributed by atoms with van der Waals surface area (Å²) in [5, 5.41) is 0. The van der Waals surface area contributed by atoms with E-state index in [4.69, 9.17) is 9.47 Å². The molecule has 0 saturated carbocycles. The summed E-state index contributed by atoms with van der Waals surface area (Å²) in [5.74, 6) is -0.696. The third kappa shape index (κ3) is 8.90. The Hall–Kier alpha value is -2.40. The molecular weight excluding hydrogens is 306 g/mol. The number of hydrogen-bond acceptors (Lipinski definition) is 5. The van der Waals surface area contributed by atoms with E-state index in [-0.39, 0.29) is 11.9 Å². The topological polar surface area (TPSA) is 55.8 Å². The zero-order valence-electron chi connectivity index (χ0n) is 14.3. The number of rotatable bonds is 10. The van der Waals surface area contributed by atoms with E-state index in [1.807, 2.05) is 30.3 Å². The first-order valence-electron chi connectivity index (χ1n) is 8.08. The summed E-state index contributed by atoms with van der Waals surface area (Å²) in [5.41, 5.74) is 1.16. The summed E-state index contributed by atoms with van der Waals surface area (Å²) in [6.07, 6.45) is 6.38. The lowest BCUT2D eigenvalue weighted by Crippen LogP contribution is -2.24. The second-order valence-corrected chi connectivity index (χ2v) is 4.99. The average Bonchev–Trinajstić information content (AvgIpc) is 2.56. The molecule has 0 heterocycles. The summed E-state index contributed by atoms with van der Waals surface area (Å²) in [6, 6.07) is 10.0. The van der Waals surface area contributed by atoms with Crippen molar-refractivity contribution < 1.29 is 19.1 Å². The fourth-order valence-corrected chi connectivity index (χ4v) is 2.02. The molecule has 5 heteroatoms. The van der Waals surface area contributed by atoms with Gasteiger partial charge in [-0.05, 0) is 19.4 Å². The van der Waals surface area contributed by atoms with E-state index in [0.29, 0.717) is 32.8 Å². The lowest BCUT2D eigenvalue weighted by atomic mass is 10.2. The molecule has 0 aromatic heterocycles. The maximum atomic E-state index is 11.4. The van der Waals surface area contributed by atoms with Crippen molar-refractivity contribution in [1.29, 1.82) is 0 Å². The molecule has 0 spiro atoms. The van der Waals surface area contributed by atoms with Gasteiger partial charge in [0.15, 0.2) is 0 Å². The molecule has 0 N–H and O–H groups in total. The van der Waals surface area contributed by atoms with Gasteiger partial charge < -0.3 is 9.47 Å². The highest BCUT2D eigenvalue weighted by Gasteiger charge is 2.04. The third-order valence-electron chi connectivity index (χ3n) is 3.06. The standard InChI is InChI=1S/C19H25NO4/c1-3-23-18(21)12-8-14-20(15-9-13-19(22)24-4-2)16-17-10-6-5-7-11-17/h5-13H,3-4,14-16H2,1-2H3/b12-8+,13-9+. The van der Waals surface area contributed by atoms with Crippen LogP contribution in [0.3, 0.4) is 0 Å². The molecule has 0 aliphatic carbocycles. The molecule has 0 radical (unpaired) electrons. The minimum atomic E-state index is -0.348. The lowest BCUT2D eigenvalue weighted by molar-refractivity contribution is -0.138. The van der Waals surface area contributed by atoms with Crippen LogP contribution in [0.4, 0.5) is 0 Å². The quantitative estimate of drug-likeness (QED) is 0.487. The summed E-state index contributed by atoms with van der Waals surface area (Å²) < 4.78 is 9.72. The smallest absolute Gasteiger partial charge is 0.330 e. The summed E-state index contributed by atoms with van der Waals surface area (Å²) >= 11 is 0. The van der Waals surface area contributed by atoms with Crippen LogP contribution in [0.5, 0.6) is 0 Å². The van der Waals surface area contributed by atoms with E-state index < -0.39 is 0 Å². The first-order valence-corrected chi connectivity index (χ1v) is 8.08. The van der Waals surface area contributed by atoms with Crippen LogP contribution in [-0.2, 0) is 25.6 Å². The van der Waals surface area contributed by atoms with Gasteiger partial charge in [-0.25, -0.2) is 9.59 Å². The van der Waals surface area contributed by atoms with Crippen LogP contribution in [-0.4, -0.2) is 43.1 Å². The van der Waals surface area contributed by atoms with Crippen molar-refractivity contribution in [1.82, 2.24) is 4.90 Å². The second kappa shape index (κ2) is 12.1. The molecule has 0 saturated heterocycles. The summed E-state index contributed by atoms with van der Waals surface area (Å²) in [7, 11) is 0. The monoisotopic (exact) mass is 331 g/mol. The Morgan fingerprint density at radius 2 is 1.42 bits per heavy atom. The Morgan fingerprint density at radius 3 is 1.88 bits per heavy atom. The Morgan fingerprint density at radius 1 is 0.917 bits per heavy atom. The third-order valence-corrected chi connectivity index (χ3v) is 3.06. The van der Waals surface area contributed by atoms with E-state index in [2.05, 4.69) is 4.90 Å². The molecule has 1 aromatic rings. The van der Waals surface area contributed by atoms with E-state index in [0.717, 1.165) is 5.56 Å². The van der Waals surface area contributed by atoms with E-state index in [9.17, 15) is 9.59 Å². The molecule has 24 heavy (non-hydrogen) atoms. The average molecular weight is 331 g/mol. The first-order chi connectivity index (χ1) is 11.7. The second-order valence-electron chi connectivity index (χ2n) is 4.99. The Labute approximate surface area is 143 Å². The maximum Gasteiger partial charge on any atom is 0.330 e. The molecule has 0 atom stereocenters. The van der Waals surface area contributed by atoms with Gasteiger partial charge in [0.2, 0.25) is 0 Å². The van der Waals surface area contributed by atoms with Gasteiger partial charge in [0.25, 0.3) is 0 Å².